The van der Waals surface area contributed by atoms with E-state index in [0.717, 1.165) is 18.5 Å². The maximum absolute atomic E-state index is 6.22. The second-order valence-corrected chi connectivity index (χ2v) is 6.47. The monoisotopic (exact) mass is 333 g/mol. The van der Waals surface area contributed by atoms with Crippen LogP contribution in [0.5, 0.6) is 0 Å². The minimum absolute atomic E-state index is 0.141. The summed E-state index contributed by atoms with van der Waals surface area (Å²) >= 11 is 20.0. The Hall–Kier alpha value is -0.250. The van der Waals surface area contributed by atoms with E-state index < -0.39 is 0 Å². The summed E-state index contributed by atoms with van der Waals surface area (Å²) in [6.07, 6.45) is 1.01. The van der Waals surface area contributed by atoms with Crippen LogP contribution in [0.3, 0.4) is 0 Å². The molecule has 0 aliphatic carbocycles. The number of hydrogen-bond acceptors (Lipinski definition) is 2. The topological polar surface area (TPSA) is 12.0 Å². The number of hydrogen-bond donors (Lipinski definition) is 1. The number of rotatable bonds is 5. The minimum Gasteiger partial charge on any atom is -0.310 e. The Morgan fingerprint density at radius 2 is 1.95 bits per heavy atom. The Morgan fingerprint density at radius 3 is 2.63 bits per heavy atom. The third-order valence-corrected chi connectivity index (χ3v) is 5.18. The van der Waals surface area contributed by atoms with E-state index in [0.29, 0.717) is 15.1 Å². The zero-order valence-corrected chi connectivity index (χ0v) is 13.5. The van der Waals surface area contributed by atoms with Crippen LogP contribution in [0.2, 0.25) is 15.1 Å². The highest BCUT2D eigenvalue weighted by Gasteiger charge is 2.13. The number of thiophene rings is 1. The lowest BCUT2D eigenvalue weighted by molar-refractivity contribution is 0.579. The summed E-state index contributed by atoms with van der Waals surface area (Å²) in [5.74, 6) is 0. The molecule has 0 aliphatic heterocycles. The largest absolute Gasteiger partial charge is 0.310 e. The highest BCUT2D eigenvalue weighted by molar-refractivity contribution is 7.09. The minimum atomic E-state index is 0.141. The third kappa shape index (κ3) is 3.87. The highest BCUT2D eigenvalue weighted by Crippen LogP contribution is 2.35. The Kier molecular flexibility index (Phi) is 5.55. The zero-order chi connectivity index (χ0) is 13.8. The van der Waals surface area contributed by atoms with Crippen LogP contribution in [0.15, 0.2) is 29.6 Å². The van der Waals surface area contributed by atoms with E-state index in [4.69, 9.17) is 34.8 Å². The van der Waals surface area contributed by atoms with E-state index in [1.165, 1.54) is 4.88 Å². The first-order valence-corrected chi connectivity index (χ1v) is 8.00. The van der Waals surface area contributed by atoms with E-state index in [2.05, 4.69) is 29.8 Å². The molecule has 2 aromatic rings. The average molecular weight is 335 g/mol. The maximum Gasteiger partial charge on any atom is 0.0781 e. The Balaban J connectivity index is 1.96. The van der Waals surface area contributed by atoms with Crippen molar-refractivity contribution in [1.82, 2.24) is 5.32 Å². The van der Waals surface area contributed by atoms with Gasteiger partial charge in [-0.2, -0.15) is 0 Å². The van der Waals surface area contributed by atoms with E-state index in [1.54, 1.807) is 17.4 Å². The third-order valence-electron chi connectivity index (χ3n) is 2.93. The second kappa shape index (κ2) is 6.96. The fourth-order valence-electron chi connectivity index (χ4n) is 1.85. The van der Waals surface area contributed by atoms with E-state index in [1.807, 2.05) is 6.07 Å². The van der Waals surface area contributed by atoms with Crippen LogP contribution >= 0.6 is 46.1 Å². The van der Waals surface area contributed by atoms with Gasteiger partial charge in [-0.05, 0) is 36.4 Å². The van der Waals surface area contributed by atoms with Crippen molar-refractivity contribution in [3.63, 3.8) is 0 Å². The van der Waals surface area contributed by atoms with Crippen LogP contribution in [-0.2, 0) is 6.42 Å². The van der Waals surface area contributed by atoms with Crippen molar-refractivity contribution in [2.45, 2.75) is 19.4 Å². The summed E-state index contributed by atoms with van der Waals surface area (Å²) in [5.41, 5.74) is 0.974. The lowest BCUT2D eigenvalue weighted by atomic mass is 10.1. The Labute approximate surface area is 132 Å². The van der Waals surface area contributed by atoms with Crippen LogP contribution in [0.1, 0.15) is 23.4 Å². The summed E-state index contributed by atoms with van der Waals surface area (Å²) in [4.78, 5) is 1.37. The molecule has 1 atom stereocenters. The lowest BCUT2D eigenvalue weighted by Gasteiger charge is -2.16. The smallest absolute Gasteiger partial charge is 0.0781 e. The first kappa shape index (κ1) is 15.1. The SMILES string of the molecule is CC(NCCc1cccs1)c1ccc(Cl)c(Cl)c1Cl. The van der Waals surface area contributed by atoms with Crippen molar-refractivity contribution < 1.29 is 0 Å². The van der Waals surface area contributed by atoms with Gasteiger partial charge in [0.2, 0.25) is 0 Å². The predicted octanol–water partition coefficient (Wildman–Crippen LogP) is 5.60. The van der Waals surface area contributed by atoms with E-state index in [9.17, 15) is 0 Å². The normalized spacial score (nSPS) is 12.6. The van der Waals surface area contributed by atoms with Crippen LogP contribution in [-0.4, -0.2) is 6.54 Å². The molecule has 0 saturated heterocycles. The van der Waals surface area contributed by atoms with Crippen LogP contribution < -0.4 is 5.32 Å². The van der Waals surface area contributed by atoms with Gasteiger partial charge >= 0.3 is 0 Å². The molecule has 1 aromatic heterocycles. The fourth-order valence-corrected chi connectivity index (χ4v) is 3.27. The second-order valence-electron chi connectivity index (χ2n) is 4.27. The average Bonchev–Trinajstić information content (AvgIpc) is 2.89. The summed E-state index contributed by atoms with van der Waals surface area (Å²) in [5, 5.41) is 6.98. The molecule has 19 heavy (non-hydrogen) atoms. The molecule has 1 aromatic carbocycles. The van der Waals surface area contributed by atoms with Crippen molar-refractivity contribution in [3.05, 3.63) is 55.2 Å². The summed E-state index contributed by atoms with van der Waals surface area (Å²) < 4.78 is 0. The molecule has 5 heteroatoms. The van der Waals surface area contributed by atoms with Crippen molar-refractivity contribution in [2.24, 2.45) is 0 Å². The molecule has 102 valence electrons. The van der Waals surface area contributed by atoms with Crippen LogP contribution in [0.25, 0.3) is 0 Å². The summed E-state index contributed by atoms with van der Waals surface area (Å²) in [6.45, 7) is 2.97. The molecule has 0 bridgehead atoms. The van der Waals surface area contributed by atoms with Crippen LogP contribution in [0.4, 0.5) is 0 Å². The lowest BCUT2D eigenvalue weighted by Crippen LogP contribution is -2.21. The van der Waals surface area contributed by atoms with Gasteiger partial charge in [0.05, 0.1) is 15.1 Å². The molecule has 0 radical (unpaired) electrons. The fraction of sp³-hybridized carbons (Fsp3) is 0.286. The summed E-state index contributed by atoms with van der Waals surface area (Å²) in [7, 11) is 0. The summed E-state index contributed by atoms with van der Waals surface area (Å²) in [6, 6.07) is 8.05. The maximum atomic E-state index is 6.22. The van der Waals surface area contributed by atoms with Crippen molar-refractivity contribution >= 4 is 46.1 Å². The van der Waals surface area contributed by atoms with E-state index >= 15 is 0 Å². The van der Waals surface area contributed by atoms with Gasteiger partial charge in [-0.1, -0.05) is 46.9 Å². The number of benzene rings is 1. The first-order valence-electron chi connectivity index (χ1n) is 5.98. The van der Waals surface area contributed by atoms with Crippen molar-refractivity contribution in [2.75, 3.05) is 6.54 Å². The Morgan fingerprint density at radius 1 is 1.16 bits per heavy atom. The van der Waals surface area contributed by atoms with E-state index in [-0.39, 0.29) is 6.04 Å². The van der Waals surface area contributed by atoms with Gasteiger partial charge in [0.15, 0.2) is 0 Å². The number of halogens is 3. The van der Waals surface area contributed by atoms with Gasteiger partial charge in [-0.3, -0.25) is 0 Å². The number of nitrogens with one attached hydrogen (secondary N) is 1. The van der Waals surface area contributed by atoms with Crippen LogP contribution in [0, 0.1) is 0 Å². The van der Waals surface area contributed by atoms with Gasteiger partial charge in [0.1, 0.15) is 0 Å². The van der Waals surface area contributed by atoms with Gasteiger partial charge < -0.3 is 5.32 Å². The molecule has 0 aliphatic rings. The molecule has 0 saturated carbocycles. The molecule has 1 heterocycles. The standard InChI is InChI=1S/C14H14Cl3NS/c1-9(18-7-6-10-3-2-8-19-10)11-4-5-12(15)14(17)13(11)16/h2-5,8-9,18H,6-7H2,1H3. The molecule has 2 rings (SSSR count). The first-order chi connectivity index (χ1) is 9.09. The molecule has 0 amide bonds. The molecule has 0 spiro atoms. The molecule has 1 unspecified atom stereocenters. The van der Waals surface area contributed by atoms with Gasteiger partial charge in [-0.15, -0.1) is 11.3 Å². The zero-order valence-electron chi connectivity index (χ0n) is 10.4. The predicted molar refractivity (Wildman–Crippen MR) is 85.9 cm³/mol. The molecule has 0 fully saturated rings. The molecule has 1 N–H and O–H groups in total. The van der Waals surface area contributed by atoms with Gasteiger partial charge in [0, 0.05) is 17.5 Å². The van der Waals surface area contributed by atoms with Crippen molar-refractivity contribution in [3.8, 4) is 0 Å². The quantitative estimate of drug-likeness (QED) is 0.702. The molecular weight excluding hydrogens is 321 g/mol. The molecular formula is C14H14Cl3NS. The van der Waals surface area contributed by atoms with Gasteiger partial charge in [-0.25, -0.2) is 0 Å². The van der Waals surface area contributed by atoms with Gasteiger partial charge in [0.25, 0.3) is 0 Å². The molecule has 1 nitrogen and oxygen atoms in total. The Bertz CT molecular complexity index is 540. The van der Waals surface area contributed by atoms with Crippen molar-refractivity contribution in [1.29, 1.82) is 0 Å². The highest BCUT2D eigenvalue weighted by atomic mass is 35.5.